The predicted octanol–water partition coefficient (Wildman–Crippen LogP) is 2.64. The minimum absolute atomic E-state index is 0. The van der Waals surface area contributed by atoms with Crippen LogP contribution in [0, 0.1) is 5.92 Å². The molecule has 0 bridgehead atoms. The van der Waals surface area contributed by atoms with Crippen molar-refractivity contribution in [1.82, 2.24) is 4.72 Å². The monoisotopic (exact) mass is 389 g/mol. The molecule has 8 heteroatoms. The van der Waals surface area contributed by atoms with Gasteiger partial charge in [-0.25, -0.2) is 13.1 Å². The zero-order valence-electron chi connectivity index (χ0n) is 14.5. The molecule has 1 amide bonds. The number of rotatable bonds is 7. The van der Waals surface area contributed by atoms with Gasteiger partial charge in [-0.05, 0) is 43.0 Å². The summed E-state index contributed by atoms with van der Waals surface area (Å²) in [6, 6.07) is 5.97. The average molecular weight is 390 g/mol. The van der Waals surface area contributed by atoms with E-state index in [4.69, 9.17) is 5.73 Å². The molecule has 0 heterocycles. The SMILES string of the molecule is CCC(=O)Nc1ccc(S(=O)(=O)NC(CN)C2CCCCC2)cc1.Cl. The fourth-order valence-corrected chi connectivity index (χ4v) is 4.43. The van der Waals surface area contributed by atoms with Crippen molar-refractivity contribution >= 4 is 34.0 Å². The minimum Gasteiger partial charge on any atom is -0.329 e. The van der Waals surface area contributed by atoms with E-state index in [1.807, 2.05) is 0 Å². The van der Waals surface area contributed by atoms with Crippen LogP contribution < -0.4 is 15.8 Å². The minimum atomic E-state index is -3.61. The molecule has 1 unspecified atom stereocenters. The van der Waals surface area contributed by atoms with Gasteiger partial charge in [-0.15, -0.1) is 12.4 Å². The summed E-state index contributed by atoms with van der Waals surface area (Å²) in [6.45, 7) is 2.06. The summed E-state index contributed by atoms with van der Waals surface area (Å²) in [6.07, 6.45) is 5.90. The maximum atomic E-state index is 12.6. The van der Waals surface area contributed by atoms with Crippen molar-refractivity contribution in [3.05, 3.63) is 24.3 Å². The Morgan fingerprint density at radius 3 is 2.32 bits per heavy atom. The molecule has 1 atom stereocenters. The molecule has 142 valence electrons. The van der Waals surface area contributed by atoms with Gasteiger partial charge in [0.15, 0.2) is 0 Å². The van der Waals surface area contributed by atoms with Crippen LogP contribution in [0.2, 0.25) is 0 Å². The van der Waals surface area contributed by atoms with Crippen LogP contribution in [-0.2, 0) is 14.8 Å². The molecule has 0 saturated heterocycles. The molecule has 0 aromatic heterocycles. The molecule has 0 spiro atoms. The third-order valence-electron chi connectivity index (χ3n) is 4.55. The molecular weight excluding hydrogens is 362 g/mol. The molecule has 1 fully saturated rings. The molecule has 2 rings (SSSR count). The molecule has 1 aromatic rings. The maximum absolute atomic E-state index is 12.6. The van der Waals surface area contributed by atoms with E-state index >= 15 is 0 Å². The molecule has 1 aromatic carbocycles. The second kappa shape index (κ2) is 10.1. The van der Waals surface area contributed by atoms with Crippen molar-refractivity contribution in [2.45, 2.75) is 56.4 Å². The average Bonchev–Trinajstić information content (AvgIpc) is 2.60. The highest BCUT2D eigenvalue weighted by molar-refractivity contribution is 7.89. The van der Waals surface area contributed by atoms with Crippen molar-refractivity contribution in [2.24, 2.45) is 11.7 Å². The number of benzene rings is 1. The van der Waals surface area contributed by atoms with E-state index < -0.39 is 10.0 Å². The zero-order chi connectivity index (χ0) is 17.6. The maximum Gasteiger partial charge on any atom is 0.240 e. The smallest absolute Gasteiger partial charge is 0.240 e. The molecule has 1 saturated carbocycles. The first-order valence-electron chi connectivity index (χ1n) is 8.58. The van der Waals surface area contributed by atoms with E-state index in [-0.39, 0.29) is 29.3 Å². The fraction of sp³-hybridized carbons (Fsp3) is 0.588. The van der Waals surface area contributed by atoms with Gasteiger partial charge < -0.3 is 11.1 Å². The Balaban J connectivity index is 0.00000312. The van der Waals surface area contributed by atoms with Gasteiger partial charge in [0.05, 0.1) is 4.90 Å². The highest BCUT2D eigenvalue weighted by atomic mass is 35.5. The summed E-state index contributed by atoms with van der Waals surface area (Å²) in [4.78, 5) is 11.6. The Labute approximate surface area is 156 Å². The van der Waals surface area contributed by atoms with Gasteiger partial charge in [0, 0.05) is 24.7 Å². The van der Waals surface area contributed by atoms with Crippen molar-refractivity contribution < 1.29 is 13.2 Å². The van der Waals surface area contributed by atoms with Crippen LogP contribution in [0.25, 0.3) is 0 Å². The Kier molecular flexibility index (Phi) is 8.85. The number of anilines is 1. The van der Waals surface area contributed by atoms with E-state index in [0.29, 0.717) is 24.6 Å². The lowest BCUT2D eigenvalue weighted by Gasteiger charge is -2.29. The highest BCUT2D eigenvalue weighted by Gasteiger charge is 2.27. The lowest BCUT2D eigenvalue weighted by molar-refractivity contribution is -0.115. The van der Waals surface area contributed by atoms with Crippen molar-refractivity contribution in [3.63, 3.8) is 0 Å². The van der Waals surface area contributed by atoms with Crippen LogP contribution in [0.15, 0.2) is 29.2 Å². The van der Waals surface area contributed by atoms with Crippen LogP contribution in [0.1, 0.15) is 45.4 Å². The molecule has 6 nitrogen and oxygen atoms in total. The number of amides is 1. The van der Waals surface area contributed by atoms with Crippen LogP contribution >= 0.6 is 12.4 Å². The third-order valence-corrected chi connectivity index (χ3v) is 6.05. The molecule has 25 heavy (non-hydrogen) atoms. The quantitative estimate of drug-likeness (QED) is 0.667. The number of hydrogen-bond donors (Lipinski definition) is 3. The van der Waals surface area contributed by atoms with Crippen molar-refractivity contribution in [1.29, 1.82) is 0 Å². The summed E-state index contributed by atoms with van der Waals surface area (Å²) in [5.74, 6) is 0.200. The number of nitrogens with one attached hydrogen (secondary N) is 2. The van der Waals surface area contributed by atoms with Crippen LogP contribution in [-0.4, -0.2) is 26.9 Å². The number of carbonyl (C=O) groups is 1. The fourth-order valence-electron chi connectivity index (χ4n) is 3.11. The molecular formula is C17H28ClN3O3S. The van der Waals surface area contributed by atoms with E-state index in [1.165, 1.54) is 18.6 Å². The topological polar surface area (TPSA) is 101 Å². The van der Waals surface area contributed by atoms with Crippen LogP contribution in [0.4, 0.5) is 5.69 Å². The summed E-state index contributed by atoms with van der Waals surface area (Å²) in [5, 5.41) is 2.70. The van der Waals surface area contributed by atoms with Gasteiger partial charge in [0.1, 0.15) is 0 Å². The zero-order valence-corrected chi connectivity index (χ0v) is 16.2. The Morgan fingerprint density at radius 1 is 1.20 bits per heavy atom. The third kappa shape index (κ3) is 6.26. The Morgan fingerprint density at radius 2 is 1.80 bits per heavy atom. The van der Waals surface area contributed by atoms with Gasteiger partial charge in [0.25, 0.3) is 0 Å². The molecule has 1 aliphatic carbocycles. The number of carbonyl (C=O) groups excluding carboxylic acids is 1. The summed E-state index contributed by atoms with van der Waals surface area (Å²) in [5.41, 5.74) is 6.40. The van der Waals surface area contributed by atoms with E-state index in [0.717, 1.165) is 25.7 Å². The first-order chi connectivity index (χ1) is 11.5. The van der Waals surface area contributed by atoms with Crippen LogP contribution in [0.5, 0.6) is 0 Å². The lowest BCUT2D eigenvalue weighted by Crippen LogP contribution is -2.45. The van der Waals surface area contributed by atoms with Gasteiger partial charge in [0.2, 0.25) is 15.9 Å². The predicted molar refractivity (Wildman–Crippen MR) is 102 cm³/mol. The number of nitrogens with two attached hydrogens (primary N) is 1. The van der Waals surface area contributed by atoms with Crippen molar-refractivity contribution in [3.8, 4) is 0 Å². The normalized spacial score (nSPS) is 16.7. The first-order valence-corrected chi connectivity index (χ1v) is 10.1. The number of sulfonamides is 1. The van der Waals surface area contributed by atoms with E-state index in [1.54, 1.807) is 19.1 Å². The molecule has 0 radical (unpaired) electrons. The molecule has 4 N–H and O–H groups in total. The van der Waals surface area contributed by atoms with Gasteiger partial charge in [-0.2, -0.15) is 0 Å². The van der Waals surface area contributed by atoms with E-state index in [2.05, 4.69) is 10.0 Å². The summed E-state index contributed by atoms with van der Waals surface area (Å²) < 4.78 is 27.9. The number of hydrogen-bond acceptors (Lipinski definition) is 4. The lowest BCUT2D eigenvalue weighted by atomic mass is 9.84. The molecule has 1 aliphatic rings. The number of halogens is 1. The summed E-state index contributed by atoms with van der Waals surface area (Å²) in [7, 11) is -3.61. The van der Waals surface area contributed by atoms with Gasteiger partial charge >= 0.3 is 0 Å². The molecule has 0 aliphatic heterocycles. The second-order valence-electron chi connectivity index (χ2n) is 6.29. The largest absolute Gasteiger partial charge is 0.329 e. The highest BCUT2D eigenvalue weighted by Crippen LogP contribution is 2.27. The van der Waals surface area contributed by atoms with Crippen LogP contribution in [0.3, 0.4) is 0 Å². The Bertz CT molecular complexity index is 644. The standard InChI is InChI=1S/C17H27N3O3S.ClH/c1-2-17(21)19-14-8-10-15(11-9-14)24(22,23)20-16(12-18)13-6-4-3-5-7-13;/h8-11,13,16,20H,2-7,12,18H2,1H3,(H,19,21);1H. The first kappa shape index (κ1) is 21.9. The second-order valence-corrected chi connectivity index (χ2v) is 8.00. The Hall–Kier alpha value is -1.15. The van der Waals surface area contributed by atoms with Gasteiger partial charge in [-0.1, -0.05) is 26.2 Å². The van der Waals surface area contributed by atoms with Crippen molar-refractivity contribution in [2.75, 3.05) is 11.9 Å². The summed E-state index contributed by atoms with van der Waals surface area (Å²) >= 11 is 0. The van der Waals surface area contributed by atoms with E-state index in [9.17, 15) is 13.2 Å². The van der Waals surface area contributed by atoms with Gasteiger partial charge in [-0.3, -0.25) is 4.79 Å².